The van der Waals surface area contributed by atoms with Crippen LogP contribution in [0, 0.1) is 18.6 Å². The molecule has 112 valence electrons. The number of rotatable bonds is 4. The Morgan fingerprint density at radius 2 is 1.71 bits per heavy atom. The number of hydrogen-bond donors (Lipinski definition) is 1. The van der Waals surface area contributed by atoms with Crippen LogP contribution in [0.15, 0.2) is 30.3 Å². The van der Waals surface area contributed by atoms with E-state index in [-0.39, 0.29) is 17.2 Å². The molecule has 0 fully saturated rings. The molecule has 0 amide bonds. The predicted molar refractivity (Wildman–Crippen MR) is 68.7 cm³/mol. The molecule has 0 saturated heterocycles. The van der Waals surface area contributed by atoms with E-state index in [1.165, 1.54) is 25.1 Å². The van der Waals surface area contributed by atoms with E-state index in [0.717, 1.165) is 12.1 Å². The summed E-state index contributed by atoms with van der Waals surface area (Å²) in [6, 6.07) is 5.63. The first-order valence-corrected chi connectivity index (χ1v) is 5.84. The van der Waals surface area contributed by atoms with E-state index in [0.29, 0.717) is 5.56 Å². The van der Waals surface area contributed by atoms with Gasteiger partial charge in [-0.3, -0.25) is 0 Å². The molecule has 0 aliphatic carbocycles. The van der Waals surface area contributed by atoms with Crippen LogP contribution < -0.4 is 15.2 Å². The third-order valence-corrected chi connectivity index (χ3v) is 2.64. The van der Waals surface area contributed by atoms with Crippen molar-refractivity contribution in [2.75, 3.05) is 5.73 Å². The lowest BCUT2D eigenvalue weighted by Gasteiger charge is -2.12. The van der Waals surface area contributed by atoms with Crippen LogP contribution in [0.4, 0.5) is 23.2 Å². The average molecular weight is 301 g/mol. The zero-order valence-electron chi connectivity index (χ0n) is 10.9. The monoisotopic (exact) mass is 301 g/mol. The van der Waals surface area contributed by atoms with Gasteiger partial charge in [0.05, 0.1) is 5.69 Å². The second-order valence-corrected chi connectivity index (χ2v) is 4.21. The van der Waals surface area contributed by atoms with E-state index >= 15 is 0 Å². The van der Waals surface area contributed by atoms with E-state index in [9.17, 15) is 17.6 Å². The van der Waals surface area contributed by atoms with Crippen LogP contribution in [-0.4, -0.2) is 6.61 Å². The highest BCUT2D eigenvalue weighted by atomic mass is 19.3. The molecule has 2 aromatic rings. The maximum absolute atomic E-state index is 13.4. The maximum atomic E-state index is 13.4. The van der Waals surface area contributed by atoms with Crippen LogP contribution in [0.2, 0.25) is 0 Å². The van der Waals surface area contributed by atoms with Crippen molar-refractivity contribution < 1.29 is 27.0 Å². The van der Waals surface area contributed by atoms with Gasteiger partial charge in [0.25, 0.3) is 0 Å². The average Bonchev–Trinajstić information content (AvgIpc) is 2.39. The molecule has 2 rings (SSSR count). The first-order valence-electron chi connectivity index (χ1n) is 5.84. The van der Waals surface area contributed by atoms with Gasteiger partial charge in [-0.05, 0) is 30.7 Å². The molecule has 2 aromatic carbocycles. The molecule has 0 radical (unpaired) electrons. The quantitative estimate of drug-likeness (QED) is 0.678. The van der Waals surface area contributed by atoms with Crippen molar-refractivity contribution in [1.82, 2.24) is 0 Å². The zero-order valence-corrected chi connectivity index (χ0v) is 10.9. The molecular weight excluding hydrogens is 290 g/mol. The molecule has 0 spiro atoms. The second-order valence-electron chi connectivity index (χ2n) is 4.21. The molecule has 0 atom stereocenters. The zero-order chi connectivity index (χ0) is 15.6. The second kappa shape index (κ2) is 5.90. The van der Waals surface area contributed by atoms with E-state index in [1.54, 1.807) is 0 Å². The minimum absolute atomic E-state index is 0.0712. The van der Waals surface area contributed by atoms with Crippen molar-refractivity contribution in [1.29, 1.82) is 0 Å². The Kier molecular flexibility index (Phi) is 4.21. The summed E-state index contributed by atoms with van der Waals surface area (Å²) in [5.41, 5.74) is 5.78. The van der Waals surface area contributed by atoms with E-state index in [2.05, 4.69) is 4.74 Å². The van der Waals surface area contributed by atoms with Gasteiger partial charge in [0.1, 0.15) is 11.6 Å². The number of alkyl halides is 2. The third-order valence-electron chi connectivity index (χ3n) is 2.64. The van der Waals surface area contributed by atoms with Crippen LogP contribution in [0.25, 0.3) is 0 Å². The summed E-state index contributed by atoms with van der Waals surface area (Å²) in [7, 11) is 0. The van der Waals surface area contributed by atoms with Crippen molar-refractivity contribution >= 4 is 5.69 Å². The third kappa shape index (κ3) is 3.56. The molecule has 0 saturated carbocycles. The molecule has 21 heavy (non-hydrogen) atoms. The van der Waals surface area contributed by atoms with Gasteiger partial charge in [-0.1, -0.05) is 0 Å². The smallest absolute Gasteiger partial charge is 0.387 e. The minimum Gasteiger partial charge on any atom is -0.455 e. The number of nitrogen functional groups attached to an aromatic ring is 1. The molecule has 0 aromatic heterocycles. The number of benzene rings is 2. The van der Waals surface area contributed by atoms with Gasteiger partial charge >= 0.3 is 6.61 Å². The Labute approximate surface area is 117 Å². The highest BCUT2D eigenvalue weighted by molar-refractivity contribution is 5.57. The molecular formula is C14H11F4NO2. The fraction of sp³-hybridized carbons (Fsp3) is 0.143. The molecule has 2 N–H and O–H groups in total. The van der Waals surface area contributed by atoms with Crippen molar-refractivity contribution in [3.8, 4) is 17.2 Å². The minimum atomic E-state index is -3.18. The highest BCUT2D eigenvalue weighted by Gasteiger charge is 2.15. The van der Waals surface area contributed by atoms with Crippen LogP contribution in [0.1, 0.15) is 5.56 Å². The Morgan fingerprint density at radius 1 is 1.00 bits per heavy atom. The molecule has 3 nitrogen and oxygen atoms in total. The van der Waals surface area contributed by atoms with Crippen molar-refractivity contribution in [2.24, 2.45) is 0 Å². The number of anilines is 1. The summed E-state index contributed by atoms with van der Waals surface area (Å²) in [6.45, 7) is -1.65. The van der Waals surface area contributed by atoms with Crippen molar-refractivity contribution in [3.05, 3.63) is 47.5 Å². The number of halogens is 4. The van der Waals surface area contributed by atoms with Crippen molar-refractivity contribution in [3.63, 3.8) is 0 Å². The number of aryl methyl sites for hydroxylation is 1. The van der Waals surface area contributed by atoms with Crippen molar-refractivity contribution in [2.45, 2.75) is 13.5 Å². The van der Waals surface area contributed by atoms with E-state index in [1.807, 2.05) is 0 Å². The van der Waals surface area contributed by atoms with Gasteiger partial charge in [-0.25, -0.2) is 8.78 Å². The first-order chi connectivity index (χ1) is 9.86. The maximum Gasteiger partial charge on any atom is 0.387 e. The SMILES string of the molecule is Cc1cc(Oc2cc(OC(F)F)c(F)cc2N)ccc1F. The summed E-state index contributed by atoms with van der Waals surface area (Å²) < 4.78 is 60.2. The van der Waals surface area contributed by atoms with Gasteiger partial charge in [0, 0.05) is 12.1 Å². The summed E-state index contributed by atoms with van der Waals surface area (Å²) in [4.78, 5) is 0. The van der Waals surface area contributed by atoms with Gasteiger partial charge in [-0.15, -0.1) is 0 Å². The molecule has 7 heteroatoms. The number of ether oxygens (including phenoxy) is 2. The van der Waals surface area contributed by atoms with Crippen LogP contribution in [0.5, 0.6) is 17.2 Å². The Morgan fingerprint density at radius 3 is 2.33 bits per heavy atom. The standard InChI is InChI=1S/C14H11F4NO2/c1-7-4-8(2-3-9(7)15)20-13-6-12(21-14(17)18)10(16)5-11(13)19/h2-6,14H,19H2,1H3. The topological polar surface area (TPSA) is 44.5 Å². The van der Waals surface area contributed by atoms with Crippen LogP contribution in [0.3, 0.4) is 0 Å². The van der Waals surface area contributed by atoms with E-state index < -0.39 is 24.0 Å². The van der Waals surface area contributed by atoms with Gasteiger partial charge in [0.2, 0.25) is 0 Å². The van der Waals surface area contributed by atoms with Crippen LogP contribution >= 0.6 is 0 Å². The van der Waals surface area contributed by atoms with Crippen LogP contribution in [-0.2, 0) is 0 Å². The Hall–Kier alpha value is -2.44. The fourth-order valence-electron chi connectivity index (χ4n) is 1.63. The van der Waals surface area contributed by atoms with Gasteiger partial charge in [0.15, 0.2) is 17.3 Å². The molecule has 0 heterocycles. The molecule has 0 unspecified atom stereocenters. The Bertz CT molecular complexity index is 662. The summed E-state index contributed by atoms with van der Waals surface area (Å²) >= 11 is 0. The number of hydrogen-bond acceptors (Lipinski definition) is 3. The highest BCUT2D eigenvalue weighted by Crippen LogP contribution is 2.34. The predicted octanol–water partition coefficient (Wildman–Crippen LogP) is 4.25. The lowest BCUT2D eigenvalue weighted by Crippen LogP contribution is -2.05. The first kappa shape index (κ1) is 15.0. The molecule has 0 bridgehead atoms. The summed E-state index contributed by atoms with van der Waals surface area (Å²) in [6.07, 6.45) is 0. The lowest BCUT2D eigenvalue weighted by atomic mass is 10.2. The number of nitrogens with two attached hydrogens (primary N) is 1. The van der Waals surface area contributed by atoms with Gasteiger partial charge < -0.3 is 15.2 Å². The molecule has 0 aliphatic rings. The normalized spacial score (nSPS) is 10.8. The largest absolute Gasteiger partial charge is 0.455 e. The lowest BCUT2D eigenvalue weighted by molar-refractivity contribution is -0.0522. The summed E-state index contributed by atoms with van der Waals surface area (Å²) in [5.74, 6) is -1.98. The Balaban J connectivity index is 2.32. The van der Waals surface area contributed by atoms with E-state index in [4.69, 9.17) is 10.5 Å². The van der Waals surface area contributed by atoms with Gasteiger partial charge in [-0.2, -0.15) is 8.78 Å². The fourth-order valence-corrected chi connectivity index (χ4v) is 1.63. The summed E-state index contributed by atoms with van der Waals surface area (Å²) in [5, 5.41) is 0. The molecule has 0 aliphatic heterocycles.